The number of nitrogens with one attached hydrogen (secondary N) is 2. The zero-order valence-electron chi connectivity index (χ0n) is 18.8. The van der Waals surface area contributed by atoms with Crippen LogP contribution in [0.2, 0.25) is 0 Å². The monoisotopic (exact) mass is 503 g/mol. The van der Waals surface area contributed by atoms with Crippen molar-refractivity contribution < 1.29 is 0 Å². The molecule has 162 valence electrons. The summed E-state index contributed by atoms with van der Waals surface area (Å²) in [5.41, 5.74) is 2.58. The minimum atomic E-state index is 0. The van der Waals surface area contributed by atoms with Gasteiger partial charge >= 0.3 is 0 Å². The van der Waals surface area contributed by atoms with Gasteiger partial charge in [-0.05, 0) is 71.5 Å². The molecule has 1 aromatic rings. The molecule has 1 atom stereocenters. The fourth-order valence-corrected chi connectivity index (χ4v) is 3.15. The Hall–Kier alpha value is -0.860. The molecular formula is C22H42IN5. The number of benzene rings is 1. The summed E-state index contributed by atoms with van der Waals surface area (Å²) in [6.45, 7) is 14.8. The first-order chi connectivity index (χ1) is 13.0. The lowest BCUT2D eigenvalue weighted by Crippen LogP contribution is -2.42. The lowest BCUT2D eigenvalue weighted by molar-refractivity contribution is 0.292. The van der Waals surface area contributed by atoms with E-state index in [4.69, 9.17) is 4.99 Å². The summed E-state index contributed by atoms with van der Waals surface area (Å²) >= 11 is 0. The highest BCUT2D eigenvalue weighted by atomic mass is 127. The standard InChI is InChI=1S/C22H41N5.HI/c1-7-23-22(25-19(4)12-11-15-27(8-2)9-3)24-17-20-13-10-14-21(16-20)18-26(5)6;/h10,13-14,16,19H,7-9,11-12,15,17-18H2,1-6H3,(H2,23,24,25);1H. The molecule has 0 bridgehead atoms. The van der Waals surface area contributed by atoms with Crippen molar-refractivity contribution in [3.05, 3.63) is 35.4 Å². The molecule has 1 rings (SSSR count). The van der Waals surface area contributed by atoms with Gasteiger partial charge < -0.3 is 20.4 Å². The van der Waals surface area contributed by atoms with Crippen LogP contribution in [-0.2, 0) is 13.1 Å². The predicted octanol–water partition coefficient (Wildman–Crippen LogP) is 3.93. The number of halogens is 1. The van der Waals surface area contributed by atoms with Crippen LogP contribution < -0.4 is 10.6 Å². The number of hydrogen-bond donors (Lipinski definition) is 2. The highest BCUT2D eigenvalue weighted by Gasteiger charge is 2.07. The van der Waals surface area contributed by atoms with Gasteiger partial charge in [0.1, 0.15) is 0 Å². The molecule has 0 saturated carbocycles. The fourth-order valence-electron chi connectivity index (χ4n) is 3.15. The van der Waals surface area contributed by atoms with Crippen LogP contribution in [0.25, 0.3) is 0 Å². The van der Waals surface area contributed by atoms with Crippen LogP contribution in [0.4, 0.5) is 0 Å². The third kappa shape index (κ3) is 11.9. The predicted molar refractivity (Wildman–Crippen MR) is 134 cm³/mol. The first-order valence-electron chi connectivity index (χ1n) is 10.5. The summed E-state index contributed by atoms with van der Waals surface area (Å²) < 4.78 is 0. The summed E-state index contributed by atoms with van der Waals surface area (Å²) in [5, 5.41) is 6.93. The summed E-state index contributed by atoms with van der Waals surface area (Å²) in [6.07, 6.45) is 2.36. The van der Waals surface area contributed by atoms with Crippen molar-refractivity contribution in [3.8, 4) is 0 Å². The molecule has 5 nitrogen and oxygen atoms in total. The molecule has 0 spiro atoms. The molecule has 0 aliphatic carbocycles. The fraction of sp³-hybridized carbons (Fsp3) is 0.682. The number of guanidine groups is 1. The SMILES string of the molecule is CCNC(=NCc1cccc(CN(C)C)c1)NC(C)CCCN(CC)CC.I. The molecule has 0 fully saturated rings. The highest BCUT2D eigenvalue weighted by molar-refractivity contribution is 14.0. The first kappa shape index (κ1) is 27.1. The Balaban J connectivity index is 0.00000729. The quantitative estimate of drug-likeness (QED) is 0.258. The third-order valence-electron chi connectivity index (χ3n) is 4.64. The van der Waals surface area contributed by atoms with E-state index < -0.39 is 0 Å². The van der Waals surface area contributed by atoms with Gasteiger partial charge in [0, 0.05) is 19.1 Å². The summed E-state index contributed by atoms with van der Waals surface area (Å²) in [5.74, 6) is 0.908. The van der Waals surface area contributed by atoms with Gasteiger partial charge in [-0.3, -0.25) is 0 Å². The average molecular weight is 504 g/mol. The zero-order chi connectivity index (χ0) is 20.1. The van der Waals surface area contributed by atoms with Gasteiger partial charge in [-0.1, -0.05) is 38.1 Å². The summed E-state index contributed by atoms with van der Waals surface area (Å²) in [4.78, 5) is 9.46. The number of aliphatic imine (C=N–C) groups is 1. The van der Waals surface area contributed by atoms with Crippen LogP contribution in [0, 0.1) is 0 Å². The third-order valence-corrected chi connectivity index (χ3v) is 4.64. The molecule has 0 saturated heterocycles. The molecule has 0 heterocycles. The zero-order valence-corrected chi connectivity index (χ0v) is 21.1. The van der Waals surface area contributed by atoms with Gasteiger partial charge in [-0.15, -0.1) is 24.0 Å². The van der Waals surface area contributed by atoms with Crippen molar-refractivity contribution >= 4 is 29.9 Å². The van der Waals surface area contributed by atoms with Crippen LogP contribution in [-0.4, -0.2) is 62.1 Å². The Labute approximate surface area is 190 Å². The Bertz CT molecular complexity index is 543. The minimum Gasteiger partial charge on any atom is -0.357 e. The molecule has 0 amide bonds. The van der Waals surface area contributed by atoms with Crippen LogP contribution in [0.1, 0.15) is 51.7 Å². The lowest BCUT2D eigenvalue weighted by atomic mass is 10.1. The Kier molecular flexibility index (Phi) is 15.5. The molecule has 1 aromatic carbocycles. The second kappa shape index (κ2) is 16.0. The van der Waals surface area contributed by atoms with E-state index in [2.05, 4.69) is 86.5 Å². The molecule has 6 heteroatoms. The molecule has 0 aromatic heterocycles. The minimum absolute atomic E-state index is 0. The maximum atomic E-state index is 4.79. The van der Waals surface area contributed by atoms with Crippen LogP contribution >= 0.6 is 24.0 Å². The van der Waals surface area contributed by atoms with Gasteiger partial charge in [-0.2, -0.15) is 0 Å². The first-order valence-corrected chi connectivity index (χ1v) is 10.5. The Morgan fingerprint density at radius 2 is 1.79 bits per heavy atom. The Morgan fingerprint density at radius 3 is 2.39 bits per heavy atom. The molecule has 0 aliphatic heterocycles. The molecular weight excluding hydrogens is 461 g/mol. The Morgan fingerprint density at radius 1 is 1.11 bits per heavy atom. The van der Waals surface area contributed by atoms with E-state index in [9.17, 15) is 0 Å². The largest absolute Gasteiger partial charge is 0.357 e. The van der Waals surface area contributed by atoms with Crippen molar-refractivity contribution in [1.82, 2.24) is 20.4 Å². The summed E-state index contributed by atoms with van der Waals surface area (Å²) in [6, 6.07) is 9.12. The van der Waals surface area contributed by atoms with E-state index in [1.165, 1.54) is 24.1 Å². The molecule has 0 aliphatic rings. The van der Waals surface area contributed by atoms with Crippen LogP contribution in [0.5, 0.6) is 0 Å². The van der Waals surface area contributed by atoms with E-state index in [1.807, 2.05) is 0 Å². The molecule has 28 heavy (non-hydrogen) atoms. The maximum Gasteiger partial charge on any atom is 0.191 e. The topological polar surface area (TPSA) is 42.9 Å². The van der Waals surface area contributed by atoms with E-state index >= 15 is 0 Å². The van der Waals surface area contributed by atoms with E-state index in [0.717, 1.165) is 38.6 Å². The van der Waals surface area contributed by atoms with Crippen molar-refractivity contribution in [1.29, 1.82) is 0 Å². The van der Waals surface area contributed by atoms with Gasteiger partial charge in [0.05, 0.1) is 6.54 Å². The van der Waals surface area contributed by atoms with Crippen molar-refractivity contribution in [2.45, 2.75) is 59.7 Å². The molecule has 1 unspecified atom stereocenters. The van der Waals surface area contributed by atoms with Gasteiger partial charge in [0.25, 0.3) is 0 Å². The maximum absolute atomic E-state index is 4.79. The van der Waals surface area contributed by atoms with E-state index in [1.54, 1.807) is 0 Å². The van der Waals surface area contributed by atoms with Crippen molar-refractivity contribution in [2.75, 3.05) is 40.3 Å². The van der Waals surface area contributed by atoms with E-state index in [0.29, 0.717) is 12.6 Å². The van der Waals surface area contributed by atoms with E-state index in [-0.39, 0.29) is 24.0 Å². The normalized spacial score (nSPS) is 12.8. The number of rotatable bonds is 12. The van der Waals surface area contributed by atoms with Gasteiger partial charge in [0.2, 0.25) is 0 Å². The second-order valence-corrected chi connectivity index (χ2v) is 7.47. The smallest absolute Gasteiger partial charge is 0.191 e. The van der Waals surface area contributed by atoms with Gasteiger partial charge in [0.15, 0.2) is 5.96 Å². The molecule has 0 radical (unpaired) electrons. The number of nitrogens with zero attached hydrogens (tertiary/aromatic N) is 3. The molecule has 2 N–H and O–H groups in total. The van der Waals surface area contributed by atoms with Gasteiger partial charge in [-0.25, -0.2) is 4.99 Å². The van der Waals surface area contributed by atoms with Crippen molar-refractivity contribution in [2.24, 2.45) is 4.99 Å². The average Bonchev–Trinajstić information content (AvgIpc) is 2.63. The second-order valence-electron chi connectivity index (χ2n) is 7.47. The van der Waals surface area contributed by atoms with Crippen molar-refractivity contribution in [3.63, 3.8) is 0 Å². The summed E-state index contributed by atoms with van der Waals surface area (Å²) in [7, 11) is 4.19. The highest BCUT2D eigenvalue weighted by Crippen LogP contribution is 2.08. The van der Waals surface area contributed by atoms with Crippen LogP contribution in [0.15, 0.2) is 29.3 Å². The van der Waals surface area contributed by atoms with Crippen LogP contribution in [0.3, 0.4) is 0 Å². The lowest BCUT2D eigenvalue weighted by Gasteiger charge is -2.21. The number of hydrogen-bond acceptors (Lipinski definition) is 3.